The van der Waals surface area contributed by atoms with E-state index in [0.29, 0.717) is 6.61 Å². The van der Waals surface area contributed by atoms with E-state index >= 15 is 0 Å². The van der Waals surface area contributed by atoms with Gasteiger partial charge in [0.2, 0.25) is 0 Å². The zero-order valence-electron chi connectivity index (χ0n) is 6.81. The molecule has 2 atom stereocenters. The summed E-state index contributed by atoms with van der Waals surface area (Å²) in [5.41, 5.74) is 1.16. The highest BCUT2D eigenvalue weighted by molar-refractivity contribution is 5.13. The van der Waals surface area contributed by atoms with Crippen LogP contribution in [0.25, 0.3) is 0 Å². The van der Waals surface area contributed by atoms with E-state index in [-0.39, 0.29) is 12.2 Å². The summed E-state index contributed by atoms with van der Waals surface area (Å²) in [4.78, 5) is 0. The molecule has 2 rings (SSSR count). The Morgan fingerprint density at radius 3 is 2.58 bits per heavy atom. The summed E-state index contributed by atoms with van der Waals surface area (Å²) in [7, 11) is 0. The lowest BCUT2D eigenvalue weighted by Gasteiger charge is -2.01. The van der Waals surface area contributed by atoms with Gasteiger partial charge < -0.3 is 9.84 Å². The van der Waals surface area contributed by atoms with E-state index in [1.54, 1.807) is 0 Å². The molecule has 0 aromatic heterocycles. The molecule has 2 nitrogen and oxygen atoms in total. The molecule has 0 spiro atoms. The Bertz CT molecular complexity index is 245. The van der Waals surface area contributed by atoms with Crippen molar-refractivity contribution in [3.8, 4) is 0 Å². The standard InChI is InChI=1S/C10H12O2/c11-9-6-10(9)12-7-8-4-2-1-3-5-8/h1-5,9-11H,6-7H2. The van der Waals surface area contributed by atoms with Crippen LogP contribution in [0.15, 0.2) is 30.3 Å². The van der Waals surface area contributed by atoms with Crippen LogP contribution in [0.1, 0.15) is 12.0 Å². The van der Waals surface area contributed by atoms with Crippen molar-refractivity contribution in [3.63, 3.8) is 0 Å². The molecule has 0 saturated heterocycles. The molecule has 64 valence electrons. The molecule has 1 aromatic carbocycles. The van der Waals surface area contributed by atoms with E-state index in [1.807, 2.05) is 30.3 Å². The maximum absolute atomic E-state index is 8.98. The molecule has 2 heteroatoms. The highest BCUT2D eigenvalue weighted by atomic mass is 16.5. The molecule has 0 aliphatic heterocycles. The van der Waals surface area contributed by atoms with E-state index in [0.717, 1.165) is 12.0 Å². The molecule has 0 bridgehead atoms. The predicted molar refractivity (Wildman–Crippen MR) is 45.6 cm³/mol. The highest BCUT2D eigenvalue weighted by Gasteiger charge is 2.36. The van der Waals surface area contributed by atoms with Gasteiger partial charge in [-0.05, 0) is 5.56 Å². The van der Waals surface area contributed by atoms with Crippen LogP contribution in [0.2, 0.25) is 0 Å². The fourth-order valence-electron chi connectivity index (χ4n) is 1.12. The summed E-state index contributed by atoms with van der Waals surface area (Å²) < 4.78 is 5.40. The molecule has 0 radical (unpaired) electrons. The van der Waals surface area contributed by atoms with Crippen LogP contribution in [0, 0.1) is 0 Å². The minimum Gasteiger partial charge on any atom is -0.390 e. The van der Waals surface area contributed by atoms with Gasteiger partial charge in [-0.2, -0.15) is 0 Å². The van der Waals surface area contributed by atoms with E-state index in [4.69, 9.17) is 9.84 Å². The zero-order chi connectivity index (χ0) is 8.39. The molecular weight excluding hydrogens is 152 g/mol. The SMILES string of the molecule is OC1CC1OCc1ccccc1. The van der Waals surface area contributed by atoms with Crippen molar-refractivity contribution < 1.29 is 9.84 Å². The normalized spacial score (nSPS) is 27.1. The van der Waals surface area contributed by atoms with Crippen molar-refractivity contribution in [2.45, 2.75) is 25.2 Å². The summed E-state index contributed by atoms with van der Waals surface area (Å²) in [5.74, 6) is 0. The average molecular weight is 164 g/mol. The molecule has 2 unspecified atom stereocenters. The minimum atomic E-state index is -0.214. The first-order chi connectivity index (χ1) is 5.86. The van der Waals surface area contributed by atoms with Crippen LogP contribution >= 0.6 is 0 Å². The number of benzene rings is 1. The maximum Gasteiger partial charge on any atom is 0.0865 e. The van der Waals surface area contributed by atoms with Crippen LogP contribution < -0.4 is 0 Å². The Morgan fingerprint density at radius 2 is 2.00 bits per heavy atom. The van der Waals surface area contributed by atoms with Crippen molar-refractivity contribution in [1.29, 1.82) is 0 Å². The lowest BCUT2D eigenvalue weighted by atomic mass is 10.2. The summed E-state index contributed by atoms with van der Waals surface area (Å²) >= 11 is 0. The molecule has 1 aliphatic carbocycles. The van der Waals surface area contributed by atoms with Gasteiger partial charge in [-0.25, -0.2) is 0 Å². The smallest absolute Gasteiger partial charge is 0.0865 e. The van der Waals surface area contributed by atoms with E-state index in [1.165, 1.54) is 0 Å². The van der Waals surface area contributed by atoms with Gasteiger partial charge >= 0.3 is 0 Å². The summed E-state index contributed by atoms with van der Waals surface area (Å²) in [6.07, 6.45) is 0.672. The molecule has 0 amide bonds. The first-order valence-electron chi connectivity index (χ1n) is 4.20. The second-order valence-corrected chi connectivity index (χ2v) is 3.14. The minimum absolute atomic E-state index is 0.0882. The van der Waals surface area contributed by atoms with Gasteiger partial charge in [-0.3, -0.25) is 0 Å². The Morgan fingerprint density at radius 1 is 1.33 bits per heavy atom. The van der Waals surface area contributed by atoms with Crippen molar-refractivity contribution in [2.75, 3.05) is 0 Å². The fraction of sp³-hybridized carbons (Fsp3) is 0.400. The summed E-state index contributed by atoms with van der Waals surface area (Å²) in [6, 6.07) is 10.0. The van der Waals surface area contributed by atoms with Crippen LogP contribution in [0.4, 0.5) is 0 Å². The van der Waals surface area contributed by atoms with Gasteiger partial charge in [0.25, 0.3) is 0 Å². The molecule has 1 aliphatic rings. The van der Waals surface area contributed by atoms with Gasteiger partial charge in [0.15, 0.2) is 0 Å². The Balaban J connectivity index is 1.80. The Labute approximate surface area is 71.8 Å². The summed E-state index contributed by atoms with van der Waals surface area (Å²) in [6.45, 7) is 0.614. The first-order valence-corrected chi connectivity index (χ1v) is 4.20. The fourth-order valence-corrected chi connectivity index (χ4v) is 1.12. The van der Waals surface area contributed by atoms with Crippen LogP contribution in [-0.4, -0.2) is 17.3 Å². The topological polar surface area (TPSA) is 29.5 Å². The van der Waals surface area contributed by atoms with Gasteiger partial charge in [0.1, 0.15) is 0 Å². The molecule has 1 N–H and O–H groups in total. The largest absolute Gasteiger partial charge is 0.390 e. The van der Waals surface area contributed by atoms with E-state index < -0.39 is 0 Å². The second kappa shape index (κ2) is 3.25. The first kappa shape index (κ1) is 7.77. The van der Waals surface area contributed by atoms with Crippen LogP contribution in [-0.2, 0) is 11.3 Å². The average Bonchev–Trinajstić information content (AvgIpc) is 2.81. The lowest BCUT2D eigenvalue weighted by Crippen LogP contribution is -1.99. The zero-order valence-corrected chi connectivity index (χ0v) is 6.81. The molecular formula is C10H12O2. The maximum atomic E-state index is 8.98. The molecule has 12 heavy (non-hydrogen) atoms. The van der Waals surface area contributed by atoms with Crippen molar-refractivity contribution >= 4 is 0 Å². The summed E-state index contributed by atoms with van der Waals surface area (Å²) in [5, 5.41) is 8.98. The van der Waals surface area contributed by atoms with Crippen LogP contribution in [0.5, 0.6) is 0 Å². The van der Waals surface area contributed by atoms with Gasteiger partial charge in [0.05, 0.1) is 18.8 Å². The predicted octanol–water partition coefficient (Wildman–Crippen LogP) is 1.34. The lowest BCUT2D eigenvalue weighted by molar-refractivity contribution is 0.0715. The third kappa shape index (κ3) is 1.84. The molecule has 1 fully saturated rings. The third-order valence-electron chi connectivity index (χ3n) is 2.01. The van der Waals surface area contributed by atoms with Gasteiger partial charge in [0, 0.05) is 6.42 Å². The van der Waals surface area contributed by atoms with E-state index in [2.05, 4.69) is 0 Å². The number of hydrogen-bond donors (Lipinski definition) is 1. The quantitative estimate of drug-likeness (QED) is 0.730. The third-order valence-corrected chi connectivity index (χ3v) is 2.01. The molecule has 0 heterocycles. The molecule has 1 saturated carbocycles. The Kier molecular flexibility index (Phi) is 2.11. The number of aliphatic hydroxyl groups excluding tert-OH is 1. The van der Waals surface area contributed by atoms with Crippen molar-refractivity contribution in [1.82, 2.24) is 0 Å². The highest BCUT2D eigenvalue weighted by Crippen LogP contribution is 2.25. The van der Waals surface area contributed by atoms with E-state index in [9.17, 15) is 0 Å². The second-order valence-electron chi connectivity index (χ2n) is 3.14. The van der Waals surface area contributed by atoms with Crippen LogP contribution in [0.3, 0.4) is 0 Å². The number of hydrogen-bond acceptors (Lipinski definition) is 2. The van der Waals surface area contributed by atoms with Gasteiger partial charge in [-0.1, -0.05) is 30.3 Å². The number of rotatable bonds is 3. The number of aliphatic hydroxyl groups is 1. The van der Waals surface area contributed by atoms with Gasteiger partial charge in [-0.15, -0.1) is 0 Å². The van der Waals surface area contributed by atoms with Crippen molar-refractivity contribution in [2.24, 2.45) is 0 Å². The molecule has 1 aromatic rings. The van der Waals surface area contributed by atoms with Crippen molar-refractivity contribution in [3.05, 3.63) is 35.9 Å². The Hall–Kier alpha value is -0.860. The number of ether oxygens (including phenoxy) is 1. The monoisotopic (exact) mass is 164 g/mol.